The van der Waals surface area contributed by atoms with Crippen molar-refractivity contribution in [2.75, 3.05) is 13.2 Å². The molecule has 0 saturated carbocycles. The quantitative estimate of drug-likeness (QED) is 0.342. The molecule has 0 radical (unpaired) electrons. The molecule has 1 fully saturated rings. The minimum absolute atomic E-state index is 0.00519. The van der Waals surface area contributed by atoms with Crippen molar-refractivity contribution in [1.82, 2.24) is 4.90 Å². The van der Waals surface area contributed by atoms with Gasteiger partial charge in [0.05, 0.1) is 25.0 Å². The first-order valence-corrected chi connectivity index (χ1v) is 11.9. The number of hydrogen-bond acceptors (Lipinski definition) is 5. The first-order chi connectivity index (χ1) is 13.3. The van der Waals surface area contributed by atoms with E-state index in [4.69, 9.17) is 4.55 Å². The molecule has 0 aromatic rings. The van der Waals surface area contributed by atoms with E-state index in [0.29, 0.717) is 5.92 Å². The van der Waals surface area contributed by atoms with Gasteiger partial charge in [0.1, 0.15) is 0 Å². The standard InChI is InChI=1S/C21H35NO6S/c1-6-7-15-8-9-16(12-14(2)13-21(3,4)5)18-17(15)19(23)22(20(18)24)10-11-28-29(25,26)27/h8-9,14-18H,6-7,10-13H2,1-5H3,(H,25,26,27). The van der Waals surface area contributed by atoms with E-state index in [1.807, 2.05) is 0 Å². The Morgan fingerprint density at radius 3 is 2.21 bits per heavy atom. The topological polar surface area (TPSA) is 101 Å². The van der Waals surface area contributed by atoms with Crippen molar-refractivity contribution in [3.8, 4) is 0 Å². The summed E-state index contributed by atoms with van der Waals surface area (Å²) in [6.45, 7) is 10.2. The van der Waals surface area contributed by atoms with Crippen LogP contribution in [-0.4, -0.2) is 42.8 Å². The highest BCUT2D eigenvalue weighted by atomic mass is 32.3. The molecule has 29 heavy (non-hydrogen) atoms. The predicted octanol–water partition coefficient (Wildman–Crippen LogP) is 3.47. The van der Waals surface area contributed by atoms with Gasteiger partial charge in [0, 0.05) is 0 Å². The van der Waals surface area contributed by atoms with E-state index in [1.54, 1.807) is 0 Å². The summed E-state index contributed by atoms with van der Waals surface area (Å²) >= 11 is 0. The van der Waals surface area contributed by atoms with Crippen molar-refractivity contribution in [2.45, 2.75) is 60.3 Å². The van der Waals surface area contributed by atoms with Gasteiger partial charge in [-0.25, -0.2) is 4.18 Å². The second kappa shape index (κ2) is 9.27. The molecule has 8 heteroatoms. The Balaban J connectivity index is 2.19. The Bertz CT molecular complexity index is 739. The second-order valence-electron chi connectivity index (χ2n) is 9.74. The van der Waals surface area contributed by atoms with Gasteiger partial charge >= 0.3 is 10.4 Å². The van der Waals surface area contributed by atoms with Crippen LogP contribution in [0.1, 0.15) is 60.3 Å². The van der Waals surface area contributed by atoms with Crippen LogP contribution in [0.4, 0.5) is 0 Å². The fourth-order valence-electron chi connectivity index (χ4n) is 5.08. The second-order valence-corrected chi connectivity index (χ2v) is 10.8. The first kappa shape index (κ1) is 24.0. The molecule has 7 nitrogen and oxygen atoms in total. The highest BCUT2D eigenvalue weighted by Gasteiger charge is 2.53. The lowest BCUT2D eigenvalue weighted by Gasteiger charge is -2.34. The lowest BCUT2D eigenvalue weighted by molar-refractivity contribution is -0.140. The van der Waals surface area contributed by atoms with Crippen molar-refractivity contribution in [1.29, 1.82) is 0 Å². The molecule has 5 atom stereocenters. The highest BCUT2D eigenvalue weighted by Crippen LogP contribution is 2.45. The van der Waals surface area contributed by atoms with E-state index in [0.717, 1.165) is 30.6 Å². The Hall–Kier alpha value is -1.25. The summed E-state index contributed by atoms with van der Waals surface area (Å²) in [5, 5.41) is 0. The summed E-state index contributed by atoms with van der Waals surface area (Å²) in [7, 11) is -4.60. The number of carbonyl (C=O) groups is 2. The lowest BCUT2D eigenvalue weighted by atomic mass is 9.67. The molecule has 1 heterocycles. The number of fused-ring (bicyclic) bond motifs is 1. The maximum absolute atomic E-state index is 13.1. The fourth-order valence-corrected chi connectivity index (χ4v) is 5.37. The van der Waals surface area contributed by atoms with Crippen LogP contribution >= 0.6 is 0 Å². The van der Waals surface area contributed by atoms with E-state index in [2.05, 4.69) is 51.0 Å². The Labute approximate surface area is 174 Å². The summed E-state index contributed by atoms with van der Waals surface area (Å²) in [6, 6.07) is 0. The third-order valence-corrected chi connectivity index (χ3v) is 6.29. The molecule has 2 rings (SSSR count). The summed E-state index contributed by atoms with van der Waals surface area (Å²) in [5.74, 6) is -0.889. The zero-order valence-electron chi connectivity index (χ0n) is 18.1. The van der Waals surface area contributed by atoms with E-state index in [1.165, 1.54) is 0 Å². The monoisotopic (exact) mass is 429 g/mol. The van der Waals surface area contributed by atoms with E-state index in [9.17, 15) is 18.0 Å². The van der Waals surface area contributed by atoms with Gasteiger partial charge in [-0.2, -0.15) is 8.42 Å². The van der Waals surface area contributed by atoms with Gasteiger partial charge in [-0.05, 0) is 42.4 Å². The maximum Gasteiger partial charge on any atom is 0.397 e. The third kappa shape index (κ3) is 6.36. The van der Waals surface area contributed by atoms with Crippen molar-refractivity contribution in [2.24, 2.45) is 35.0 Å². The fraction of sp³-hybridized carbons (Fsp3) is 0.810. The van der Waals surface area contributed by atoms with Gasteiger partial charge in [0.2, 0.25) is 11.8 Å². The van der Waals surface area contributed by atoms with Crippen molar-refractivity contribution in [3.63, 3.8) is 0 Å². The number of carbonyl (C=O) groups excluding carboxylic acids is 2. The summed E-state index contributed by atoms with van der Waals surface area (Å²) in [4.78, 5) is 27.3. The van der Waals surface area contributed by atoms with Gasteiger partial charge in [-0.3, -0.25) is 19.0 Å². The lowest BCUT2D eigenvalue weighted by Crippen LogP contribution is -2.35. The minimum atomic E-state index is -4.60. The molecule has 5 unspecified atom stereocenters. The molecular formula is C21H35NO6S. The minimum Gasteiger partial charge on any atom is -0.280 e. The van der Waals surface area contributed by atoms with Crippen LogP contribution in [0.2, 0.25) is 0 Å². The average molecular weight is 430 g/mol. The molecule has 2 amide bonds. The molecule has 166 valence electrons. The number of amides is 2. The predicted molar refractivity (Wildman–Crippen MR) is 110 cm³/mol. The summed E-state index contributed by atoms with van der Waals surface area (Å²) in [5.41, 5.74) is 0.191. The molecule has 0 aromatic carbocycles. The van der Waals surface area contributed by atoms with Crippen molar-refractivity contribution in [3.05, 3.63) is 12.2 Å². The maximum atomic E-state index is 13.1. The van der Waals surface area contributed by atoms with Gasteiger partial charge < -0.3 is 0 Å². The zero-order valence-corrected chi connectivity index (χ0v) is 18.9. The van der Waals surface area contributed by atoms with Crippen LogP contribution in [0.15, 0.2) is 12.2 Å². The smallest absolute Gasteiger partial charge is 0.280 e. The number of nitrogens with zero attached hydrogens (tertiary/aromatic N) is 1. The Kier molecular flexibility index (Phi) is 7.68. The third-order valence-electron chi connectivity index (χ3n) is 5.82. The highest BCUT2D eigenvalue weighted by molar-refractivity contribution is 7.80. The van der Waals surface area contributed by atoms with Gasteiger partial charge in [0.25, 0.3) is 0 Å². The van der Waals surface area contributed by atoms with E-state index < -0.39 is 28.8 Å². The zero-order chi connectivity index (χ0) is 22.0. The van der Waals surface area contributed by atoms with Crippen LogP contribution in [0.25, 0.3) is 0 Å². The molecule has 0 bridgehead atoms. The number of likely N-dealkylation sites (tertiary alicyclic amines) is 1. The van der Waals surface area contributed by atoms with Crippen LogP contribution < -0.4 is 0 Å². The van der Waals surface area contributed by atoms with Crippen molar-refractivity contribution < 1.29 is 26.7 Å². The first-order valence-electron chi connectivity index (χ1n) is 10.5. The van der Waals surface area contributed by atoms with Gasteiger partial charge in [-0.1, -0.05) is 53.2 Å². The van der Waals surface area contributed by atoms with E-state index in [-0.39, 0.29) is 35.6 Å². The van der Waals surface area contributed by atoms with Gasteiger partial charge in [0.15, 0.2) is 0 Å². The van der Waals surface area contributed by atoms with Gasteiger partial charge in [-0.15, -0.1) is 0 Å². The molecule has 1 saturated heterocycles. The van der Waals surface area contributed by atoms with Crippen LogP contribution in [-0.2, 0) is 24.2 Å². The summed E-state index contributed by atoms with van der Waals surface area (Å²) < 4.78 is 34.6. The average Bonchev–Trinajstić information content (AvgIpc) is 2.80. The number of imide groups is 1. The SMILES string of the molecule is CCCC1C=CC(CC(C)CC(C)(C)C)C2C(=O)N(CCOS(=O)(=O)O)C(=O)C12. The largest absolute Gasteiger partial charge is 0.397 e. The Morgan fingerprint density at radius 2 is 1.69 bits per heavy atom. The van der Waals surface area contributed by atoms with Crippen LogP contribution in [0.3, 0.4) is 0 Å². The molecule has 0 aromatic heterocycles. The molecular weight excluding hydrogens is 394 g/mol. The number of hydrogen-bond donors (Lipinski definition) is 1. The van der Waals surface area contributed by atoms with Crippen LogP contribution in [0, 0.1) is 35.0 Å². The summed E-state index contributed by atoms with van der Waals surface area (Å²) in [6.07, 6.45) is 7.82. The van der Waals surface area contributed by atoms with E-state index >= 15 is 0 Å². The molecule has 2 aliphatic rings. The van der Waals surface area contributed by atoms with Crippen molar-refractivity contribution >= 4 is 22.2 Å². The molecule has 1 aliphatic carbocycles. The molecule has 1 N–H and O–H groups in total. The number of rotatable bonds is 9. The van der Waals surface area contributed by atoms with Crippen LogP contribution in [0.5, 0.6) is 0 Å². The molecule has 0 spiro atoms. The Morgan fingerprint density at radius 1 is 1.14 bits per heavy atom. The molecule has 1 aliphatic heterocycles. The number of allylic oxidation sites excluding steroid dienone is 2. The normalized spacial score (nSPS) is 28.7.